The topological polar surface area (TPSA) is 29.8 Å². The summed E-state index contributed by atoms with van der Waals surface area (Å²) in [6.45, 7) is 15.4. The van der Waals surface area contributed by atoms with E-state index in [0.717, 1.165) is 40.6 Å². The molecule has 2 heterocycles. The highest BCUT2D eigenvalue weighted by Crippen LogP contribution is 2.39. The number of benzene rings is 1. The average Bonchev–Trinajstić information content (AvgIpc) is 3.05. The molecular weight excluding hydrogens is 390 g/mol. The number of ether oxygens (including phenoxy) is 1. The number of methoxy groups -OCH3 is 1. The van der Waals surface area contributed by atoms with Crippen molar-refractivity contribution in [3.05, 3.63) is 41.5 Å². The molecule has 0 saturated heterocycles. The van der Waals surface area contributed by atoms with E-state index in [1.165, 1.54) is 16.8 Å². The molecular formula is C25H35N3OS. The van der Waals surface area contributed by atoms with E-state index in [9.17, 15) is 0 Å². The zero-order chi connectivity index (χ0) is 22.0. The summed E-state index contributed by atoms with van der Waals surface area (Å²) in [6.07, 6.45) is 2.12. The summed E-state index contributed by atoms with van der Waals surface area (Å²) >= 11 is 1.72. The van der Waals surface area contributed by atoms with Gasteiger partial charge in [0.2, 0.25) is 0 Å². The highest BCUT2D eigenvalue weighted by molar-refractivity contribution is 7.98. The van der Waals surface area contributed by atoms with Crippen molar-refractivity contribution in [2.75, 3.05) is 31.4 Å². The van der Waals surface area contributed by atoms with Crippen LogP contribution in [-0.4, -0.2) is 36.1 Å². The van der Waals surface area contributed by atoms with Crippen molar-refractivity contribution in [3.63, 3.8) is 0 Å². The first-order chi connectivity index (χ1) is 14.3. The van der Waals surface area contributed by atoms with Gasteiger partial charge in [-0.1, -0.05) is 39.8 Å². The molecule has 0 aliphatic carbocycles. The van der Waals surface area contributed by atoms with E-state index in [-0.39, 0.29) is 0 Å². The molecule has 0 bridgehead atoms. The van der Waals surface area contributed by atoms with Gasteiger partial charge in [-0.2, -0.15) is 5.10 Å². The molecule has 0 N–H and O–H groups in total. The van der Waals surface area contributed by atoms with Crippen molar-refractivity contribution < 1.29 is 4.74 Å². The van der Waals surface area contributed by atoms with E-state index < -0.39 is 0 Å². The number of rotatable bonds is 8. The number of pyridine rings is 1. The fourth-order valence-corrected chi connectivity index (χ4v) is 4.81. The van der Waals surface area contributed by atoms with E-state index >= 15 is 0 Å². The fraction of sp³-hybridized carbons (Fsp3) is 0.480. The molecule has 3 rings (SSSR count). The molecule has 0 fully saturated rings. The Kier molecular flexibility index (Phi) is 7.02. The molecule has 162 valence electrons. The van der Waals surface area contributed by atoms with E-state index in [2.05, 4.69) is 87.5 Å². The molecule has 2 aromatic heterocycles. The SMILES string of the molecule is COc1cc(C)cc(C)c1-c1cccc2c(N(CC(C)C)CC(C)C)c(SC)nn12. The van der Waals surface area contributed by atoms with Crippen LogP contribution in [0, 0.1) is 25.7 Å². The maximum atomic E-state index is 5.77. The largest absolute Gasteiger partial charge is 0.496 e. The lowest BCUT2D eigenvalue weighted by Crippen LogP contribution is -2.31. The van der Waals surface area contributed by atoms with Gasteiger partial charge in [-0.25, -0.2) is 4.52 Å². The third-order valence-electron chi connectivity index (χ3n) is 5.20. The first-order valence-corrected chi connectivity index (χ1v) is 12.0. The Balaban J connectivity index is 2.28. The summed E-state index contributed by atoms with van der Waals surface area (Å²) in [5.74, 6) is 2.05. The third-order valence-corrected chi connectivity index (χ3v) is 5.86. The van der Waals surface area contributed by atoms with E-state index in [0.29, 0.717) is 11.8 Å². The average molecular weight is 426 g/mol. The molecule has 5 heteroatoms. The summed E-state index contributed by atoms with van der Waals surface area (Å²) < 4.78 is 7.88. The molecule has 0 saturated carbocycles. The Morgan fingerprint density at radius 3 is 2.30 bits per heavy atom. The van der Waals surface area contributed by atoms with Gasteiger partial charge in [0.15, 0.2) is 0 Å². The van der Waals surface area contributed by atoms with Gasteiger partial charge in [0, 0.05) is 18.7 Å². The van der Waals surface area contributed by atoms with Gasteiger partial charge in [0.05, 0.1) is 24.0 Å². The number of thioether (sulfide) groups is 1. The lowest BCUT2D eigenvalue weighted by molar-refractivity contribution is 0.415. The number of hydrogen-bond acceptors (Lipinski definition) is 4. The fourth-order valence-electron chi connectivity index (χ4n) is 4.22. The molecule has 1 aromatic carbocycles. The molecule has 3 aromatic rings. The first kappa shape index (κ1) is 22.5. The Hall–Kier alpha value is -2.14. The van der Waals surface area contributed by atoms with Gasteiger partial charge >= 0.3 is 0 Å². The second kappa shape index (κ2) is 9.34. The lowest BCUT2D eigenvalue weighted by atomic mass is 10.0. The highest BCUT2D eigenvalue weighted by atomic mass is 32.2. The van der Waals surface area contributed by atoms with Crippen LogP contribution >= 0.6 is 11.8 Å². The van der Waals surface area contributed by atoms with Crippen LogP contribution < -0.4 is 9.64 Å². The minimum atomic E-state index is 0.580. The molecule has 0 unspecified atom stereocenters. The molecule has 30 heavy (non-hydrogen) atoms. The predicted molar refractivity (Wildman–Crippen MR) is 130 cm³/mol. The maximum Gasteiger partial charge on any atom is 0.142 e. The van der Waals surface area contributed by atoms with Crippen molar-refractivity contribution >= 4 is 23.0 Å². The summed E-state index contributed by atoms with van der Waals surface area (Å²) in [5.41, 5.74) is 6.97. The van der Waals surface area contributed by atoms with Crippen LogP contribution in [0.3, 0.4) is 0 Å². The number of anilines is 1. The van der Waals surface area contributed by atoms with Crippen LogP contribution in [0.1, 0.15) is 38.8 Å². The van der Waals surface area contributed by atoms with Gasteiger partial charge in [0.25, 0.3) is 0 Å². The van der Waals surface area contributed by atoms with Crippen LogP contribution in [-0.2, 0) is 0 Å². The Morgan fingerprint density at radius 2 is 1.73 bits per heavy atom. The number of fused-ring (bicyclic) bond motifs is 1. The Bertz CT molecular complexity index is 1010. The van der Waals surface area contributed by atoms with Gasteiger partial charge in [0.1, 0.15) is 10.8 Å². The Labute approximate surface area is 185 Å². The molecule has 0 spiro atoms. The summed E-state index contributed by atoms with van der Waals surface area (Å²) in [7, 11) is 1.74. The minimum absolute atomic E-state index is 0.580. The predicted octanol–water partition coefficient (Wildman–Crippen LogP) is 6.47. The van der Waals surface area contributed by atoms with Crippen molar-refractivity contribution in [2.24, 2.45) is 11.8 Å². The molecule has 0 aliphatic rings. The monoisotopic (exact) mass is 425 g/mol. The summed E-state index contributed by atoms with van der Waals surface area (Å²) in [5, 5.41) is 6.14. The van der Waals surface area contributed by atoms with Crippen molar-refractivity contribution in [1.82, 2.24) is 9.61 Å². The van der Waals surface area contributed by atoms with Crippen LogP contribution in [0.5, 0.6) is 5.75 Å². The van der Waals surface area contributed by atoms with Gasteiger partial charge in [-0.05, 0) is 61.3 Å². The second-order valence-corrected chi connectivity index (χ2v) is 9.71. The van der Waals surface area contributed by atoms with Crippen molar-refractivity contribution in [2.45, 2.75) is 46.6 Å². The number of hydrogen-bond donors (Lipinski definition) is 0. The van der Waals surface area contributed by atoms with Crippen LogP contribution in [0.15, 0.2) is 35.4 Å². The lowest BCUT2D eigenvalue weighted by Gasteiger charge is -2.28. The summed E-state index contributed by atoms with van der Waals surface area (Å²) in [6, 6.07) is 10.8. The highest BCUT2D eigenvalue weighted by Gasteiger charge is 2.23. The number of nitrogens with zero attached hydrogens (tertiary/aromatic N) is 3. The molecule has 0 amide bonds. The van der Waals surface area contributed by atoms with Crippen molar-refractivity contribution in [3.8, 4) is 17.0 Å². The van der Waals surface area contributed by atoms with E-state index in [1.807, 2.05) is 0 Å². The molecule has 4 nitrogen and oxygen atoms in total. The number of aryl methyl sites for hydroxylation is 2. The quantitative estimate of drug-likeness (QED) is 0.387. The minimum Gasteiger partial charge on any atom is -0.496 e. The Morgan fingerprint density at radius 1 is 1.07 bits per heavy atom. The number of aromatic nitrogens is 2. The molecule has 0 aliphatic heterocycles. The second-order valence-electron chi connectivity index (χ2n) is 8.92. The van der Waals surface area contributed by atoms with Crippen molar-refractivity contribution in [1.29, 1.82) is 0 Å². The van der Waals surface area contributed by atoms with Crippen LogP contribution in [0.2, 0.25) is 0 Å². The summed E-state index contributed by atoms with van der Waals surface area (Å²) in [4.78, 5) is 2.52. The normalized spacial score (nSPS) is 11.7. The maximum absolute atomic E-state index is 5.77. The van der Waals surface area contributed by atoms with Gasteiger partial charge in [-0.3, -0.25) is 0 Å². The van der Waals surface area contributed by atoms with Gasteiger partial charge in [-0.15, -0.1) is 11.8 Å². The van der Waals surface area contributed by atoms with Gasteiger partial charge < -0.3 is 9.64 Å². The zero-order valence-electron chi connectivity index (χ0n) is 19.6. The van der Waals surface area contributed by atoms with Crippen LogP contribution in [0.25, 0.3) is 16.8 Å². The first-order valence-electron chi connectivity index (χ1n) is 10.7. The van der Waals surface area contributed by atoms with E-state index in [4.69, 9.17) is 9.84 Å². The molecule has 0 atom stereocenters. The third kappa shape index (κ3) is 4.46. The smallest absolute Gasteiger partial charge is 0.142 e. The molecule has 0 radical (unpaired) electrons. The van der Waals surface area contributed by atoms with E-state index in [1.54, 1.807) is 18.9 Å². The van der Waals surface area contributed by atoms with Crippen LogP contribution in [0.4, 0.5) is 5.69 Å². The standard InChI is InChI=1S/C25H35N3OS/c1-16(2)14-27(15-17(3)4)24-21-11-9-10-20(28(21)26-25(24)30-8)23-19(6)12-18(5)13-22(23)29-7/h9-13,16-17H,14-15H2,1-8H3. The zero-order valence-corrected chi connectivity index (χ0v) is 20.4.